The van der Waals surface area contributed by atoms with Gasteiger partial charge in [-0.05, 0) is 30.0 Å². The van der Waals surface area contributed by atoms with Crippen LogP contribution < -0.4 is 5.73 Å². The highest BCUT2D eigenvalue weighted by Crippen LogP contribution is 2.27. The Kier molecular flexibility index (Phi) is 2.38. The van der Waals surface area contributed by atoms with E-state index in [2.05, 4.69) is 19.1 Å². The second kappa shape index (κ2) is 3.54. The summed E-state index contributed by atoms with van der Waals surface area (Å²) in [6, 6.07) is 6.19. The molecule has 1 aliphatic rings. The van der Waals surface area contributed by atoms with E-state index < -0.39 is 0 Å². The third-order valence-corrected chi connectivity index (χ3v) is 2.97. The molecule has 0 bridgehead atoms. The number of nitrogens with two attached hydrogens (primary N) is 1. The molecule has 1 aromatic rings. The van der Waals surface area contributed by atoms with Crippen molar-refractivity contribution in [2.75, 3.05) is 6.54 Å². The number of fused-ring (bicyclic) bond motifs is 1. The molecule has 1 atom stereocenters. The van der Waals surface area contributed by atoms with Crippen molar-refractivity contribution in [2.45, 2.75) is 19.8 Å². The van der Waals surface area contributed by atoms with Gasteiger partial charge in [0.15, 0.2) is 5.78 Å². The van der Waals surface area contributed by atoms with Crippen molar-refractivity contribution in [3.05, 3.63) is 34.9 Å². The fourth-order valence-electron chi connectivity index (χ4n) is 2.02. The van der Waals surface area contributed by atoms with Crippen LogP contribution in [0.5, 0.6) is 0 Å². The Morgan fingerprint density at radius 3 is 2.93 bits per heavy atom. The predicted octanol–water partition coefficient (Wildman–Crippen LogP) is 1.56. The van der Waals surface area contributed by atoms with Gasteiger partial charge < -0.3 is 5.73 Å². The van der Waals surface area contributed by atoms with Crippen molar-refractivity contribution < 1.29 is 4.79 Å². The number of rotatable bonds is 2. The normalized spacial score (nSPS) is 19.9. The summed E-state index contributed by atoms with van der Waals surface area (Å²) in [4.78, 5) is 11.8. The van der Waals surface area contributed by atoms with E-state index in [1.165, 1.54) is 11.1 Å². The zero-order chi connectivity index (χ0) is 10.1. The van der Waals surface area contributed by atoms with E-state index in [1.54, 1.807) is 0 Å². The van der Waals surface area contributed by atoms with Crippen molar-refractivity contribution in [3.63, 3.8) is 0 Å². The lowest BCUT2D eigenvalue weighted by molar-refractivity contribution is 0.0941. The highest BCUT2D eigenvalue weighted by atomic mass is 16.1. The third-order valence-electron chi connectivity index (χ3n) is 2.97. The van der Waals surface area contributed by atoms with Crippen LogP contribution in [0.3, 0.4) is 0 Å². The van der Waals surface area contributed by atoms with Crippen molar-refractivity contribution >= 4 is 5.78 Å². The Morgan fingerprint density at radius 1 is 1.50 bits per heavy atom. The largest absolute Gasteiger partial charge is 0.330 e. The molecule has 0 fully saturated rings. The summed E-state index contributed by atoms with van der Waals surface area (Å²) in [5, 5.41) is 0. The Bertz CT molecular complexity index is 371. The summed E-state index contributed by atoms with van der Waals surface area (Å²) in [6.07, 6.45) is 1.81. The standard InChI is InChI=1S/C12H15NO/c1-2-8-3-4-9-6-10(7-13)12(14)11(9)5-8/h3-5,10H,2,6-7,13H2,1H3. The number of benzene rings is 1. The maximum atomic E-state index is 11.8. The molecule has 2 rings (SSSR count). The lowest BCUT2D eigenvalue weighted by atomic mass is 10.0. The minimum atomic E-state index is 0.0251. The molecule has 14 heavy (non-hydrogen) atoms. The van der Waals surface area contributed by atoms with Crippen molar-refractivity contribution in [2.24, 2.45) is 11.7 Å². The third kappa shape index (κ3) is 1.36. The first-order chi connectivity index (χ1) is 6.76. The van der Waals surface area contributed by atoms with E-state index in [0.717, 1.165) is 18.4 Å². The summed E-state index contributed by atoms with van der Waals surface area (Å²) in [6.45, 7) is 2.57. The second-order valence-corrected chi connectivity index (χ2v) is 3.85. The van der Waals surface area contributed by atoms with Crippen LogP contribution in [-0.2, 0) is 12.8 Å². The van der Waals surface area contributed by atoms with Gasteiger partial charge in [-0.15, -0.1) is 0 Å². The number of ketones is 1. The van der Waals surface area contributed by atoms with Gasteiger partial charge in [-0.25, -0.2) is 0 Å². The van der Waals surface area contributed by atoms with Gasteiger partial charge in [0.25, 0.3) is 0 Å². The van der Waals surface area contributed by atoms with Gasteiger partial charge in [-0.2, -0.15) is 0 Å². The number of carbonyl (C=O) groups excluding carboxylic acids is 1. The molecular formula is C12H15NO. The molecule has 0 saturated carbocycles. The van der Waals surface area contributed by atoms with E-state index in [0.29, 0.717) is 6.54 Å². The number of hydrogen-bond acceptors (Lipinski definition) is 2. The van der Waals surface area contributed by atoms with Crippen LogP contribution in [0.15, 0.2) is 18.2 Å². The smallest absolute Gasteiger partial charge is 0.167 e. The first-order valence-corrected chi connectivity index (χ1v) is 5.12. The molecule has 0 aliphatic heterocycles. The number of carbonyl (C=O) groups is 1. The summed E-state index contributed by atoms with van der Waals surface area (Å²) in [7, 11) is 0. The lowest BCUT2D eigenvalue weighted by Crippen LogP contribution is -2.19. The molecule has 0 aromatic heterocycles. The Labute approximate surface area is 84.1 Å². The van der Waals surface area contributed by atoms with Crippen LogP contribution in [0.4, 0.5) is 0 Å². The van der Waals surface area contributed by atoms with Gasteiger partial charge in [0.2, 0.25) is 0 Å². The number of aryl methyl sites for hydroxylation is 1. The zero-order valence-electron chi connectivity index (χ0n) is 8.42. The minimum absolute atomic E-state index is 0.0251. The summed E-state index contributed by atoms with van der Waals surface area (Å²) in [5.74, 6) is 0.259. The molecule has 1 aromatic carbocycles. The molecular weight excluding hydrogens is 174 g/mol. The van der Waals surface area contributed by atoms with Gasteiger partial charge in [0.1, 0.15) is 0 Å². The van der Waals surface area contributed by atoms with E-state index >= 15 is 0 Å². The Balaban J connectivity index is 2.40. The van der Waals surface area contributed by atoms with Gasteiger partial charge >= 0.3 is 0 Å². The molecule has 74 valence electrons. The Hall–Kier alpha value is -1.15. The van der Waals surface area contributed by atoms with E-state index in [9.17, 15) is 4.79 Å². The summed E-state index contributed by atoms with van der Waals surface area (Å²) in [5.41, 5.74) is 8.86. The van der Waals surface area contributed by atoms with Crippen LogP contribution >= 0.6 is 0 Å². The van der Waals surface area contributed by atoms with Crippen LogP contribution in [0.1, 0.15) is 28.4 Å². The quantitative estimate of drug-likeness (QED) is 0.767. The number of hydrogen-bond donors (Lipinski definition) is 1. The maximum absolute atomic E-state index is 11.8. The first-order valence-electron chi connectivity index (χ1n) is 5.12. The molecule has 0 radical (unpaired) electrons. The fraction of sp³-hybridized carbons (Fsp3) is 0.417. The first kappa shape index (κ1) is 9.41. The maximum Gasteiger partial charge on any atom is 0.167 e. The SMILES string of the molecule is CCc1ccc2c(c1)C(=O)C(CN)C2. The second-order valence-electron chi connectivity index (χ2n) is 3.85. The fourth-order valence-corrected chi connectivity index (χ4v) is 2.02. The zero-order valence-corrected chi connectivity index (χ0v) is 8.42. The Morgan fingerprint density at radius 2 is 2.29 bits per heavy atom. The molecule has 0 amide bonds. The average molecular weight is 189 g/mol. The average Bonchev–Trinajstić information content (AvgIpc) is 2.55. The van der Waals surface area contributed by atoms with E-state index in [-0.39, 0.29) is 11.7 Å². The van der Waals surface area contributed by atoms with Gasteiger partial charge in [-0.3, -0.25) is 4.79 Å². The molecule has 2 heteroatoms. The molecule has 1 aliphatic carbocycles. The van der Waals surface area contributed by atoms with Crippen molar-refractivity contribution in [3.8, 4) is 0 Å². The highest BCUT2D eigenvalue weighted by molar-refractivity contribution is 6.02. The summed E-state index contributed by atoms with van der Waals surface area (Å²) >= 11 is 0. The topological polar surface area (TPSA) is 43.1 Å². The van der Waals surface area contributed by atoms with Crippen LogP contribution in [-0.4, -0.2) is 12.3 Å². The monoisotopic (exact) mass is 189 g/mol. The van der Waals surface area contributed by atoms with E-state index in [4.69, 9.17) is 5.73 Å². The molecule has 0 heterocycles. The summed E-state index contributed by atoms with van der Waals surface area (Å²) < 4.78 is 0. The van der Waals surface area contributed by atoms with E-state index in [1.807, 2.05) is 6.07 Å². The van der Waals surface area contributed by atoms with Crippen LogP contribution in [0, 0.1) is 5.92 Å². The number of Topliss-reactive ketones (excluding diaryl/α,β-unsaturated/α-hetero) is 1. The van der Waals surface area contributed by atoms with Crippen LogP contribution in [0.25, 0.3) is 0 Å². The lowest BCUT2D eigenvalue weighted by Gasteiger charge is -2.01. The molecule has 0 spiro atoms. The highest BCUT2D eigenvalue weighted by Gasteiger charge is 2.28. The van der Waals surface area contributed by atoms with Gasteiger partial charge in [-0.1, -0.05) is 19.1 Å². The molecule has 2 nitrogen and oxygen atoms in total. The van der Waals surface area contributed by atoms with Gasteiger partial charge in [0.05, 0.1) is 0 Å². The predicted molar refractivity (Wildman–Crippen MR) is 56.4 cm³/mol. The molecule has 2 N–H and O–H groups in total. The minimum Gasteiger partial charge on any atom is -0.330 e. The van der Waals surface area contributed by atoms with Gasteiger partial charge in [0, 0.05) is 18.0 Å². The van der Waals surface area contributed by atoms with Crippen LogP contribution in [0.2, 0.25) is 0 Å². The van der Waals surface area contributed by atoms with Crippen molar-refractivity contribution in [1.82, 2.24) is 0 Å². The molecule has 1 unspecified atom stereocenters. The van der Waals surface area contributed by atoms with Crippen molar-refractivity contribution in [1.29, 1.82) is 0 Å². The molecule has 0 saturated heterocycles.